The first-order valence-electron chi connectivity index (χ1n) is 8.44. The number of benzene rings is 1. The first-order chi connectivity index (χ1) is 11.1. The number of nitrogens with one attached hydrogen (secondary N) is 1. The quantitative estimate of drug-likeness (QED) is 0.923. The number of imidazole rings is 1. The van der Waals surface area contributed by atoms with E-state index in [0.29, 0.717) is 12.5 Å². The van der Waals surface area contributed by atoms with Gasteiger partial charge in [0.25, 0.3) is 0 Å². The second kappa shape index (κ2) is 7.13. The van der Waals surface area contributed by atoms with Crippen LogP contribution in [-0.4, -0.2) is 28.2 Å². The van der Waals surface area contributed by atoms with Crippen LogP contribution in [0.4, 0.5) is 0 Å². The van der Waals surface area contributed by atoms with E-state index < -0.39 is 0 Å². The van der Waals surface area contributed by atoms with Gasteiger partial charge in [0, 0.05) is 7.05 Å². The number of carbonyl (C=O) groups is 1. The summed E-state index contributed by atoms with van der Waals surface area (Å²) in [4.78, 5) is 16.6. The summed E-state index contributed by atoms with van der Waals surface area (Å²) >= 11 is 0. The number of para-hydroxylation sites is 2. The number of amides is 1. The van der Waals surface area contributed by atoms with Gasteiger partial charge >= 0.3 is 0 Å². The molecule has 0 aliphatic heterocycles. The minimum atomic E-state index is -0.0742. The van der Waals surface area contributed by atoms with Gasteiger partial charge in [-0.1, -0.05) is 31.9 Å². The van der Waals surface area contributed by atoms with Crippen LogP contribution in [0.3, 0.4) is 0 Å². The average Bonchev–Trinajstić information content (AvgIpc) is 2.89. The zero-order valence-corrected chi connectivity index (χ0v) is 13.9. The number of hydrogen-bond donors (Lipinski definition) is 1. The van der Waals surface area contributed by atoms with Crippen LogP contribution in [0, 0.1) is 5.92 Å². The van der Waals surface area contributed by atoms with Crippen LogP contribution < -0.4 is 5.32 Å². The normalized spacial score (nSPS) is 21.5. The molecule has 1 fully saturated rings. The minimum absolute atomic E-state index is 0.0742. The Morgan fingerprint density at radius 3 is 2.91 bits per heavy atom. The Morgan fingerprint density at radius 2 is 2.13 bits per heavy atom. The minimum Gasteiger partial charge on any atom is -0.368 e. The molecule has 3 rings (SSSR count). The first-order valence-corrected chi connectivity index (χ1v) is 8.44. The van der Waals surface area contributed by atoms with Gasteiger partial charge in [-0.15, -0.1) is 0 Å². The highest BCUT2D eigenvalue weighted by atomic mass is 16.5. The molecular formula is C18H25N3O2. The lowest BCUT2D eigenvalue weighted by atomic mass is 9.88. The number of ether oxygens (including phenoxy) is 1. The van der Waals surface area contributed by atoms with E-state index in [4.69, 9.17) is 4.74 Å². The molecule has 1 aliphatic carbocycles. The highest BCUT2D eigenvalue weighted by molar-refractivity contribution is 5.78. The molecule has 0 saturated heterocycles. The Bertz CT molecular complexity index is 680. The van der Waals surface area contributed by atoms with Crippen LogP contribution in [-0.2, 0) is 23.1 Å². The molecule has 1 amide bonds. The van der Waals surface area contributed by atoms with Crippen LogP contribution in [0.15, 0.2) is 24.3 Å². The van der Waals surface area contributed by atoms with Crippen LogP contribution in [0.1, 0.15) is 38.4 Å². The number of carbonyl (C=O) groups excluding carboxylic acids is 1. The Hall–Kier alpha value is -1.88. The topological polar surface area (TPSA) is 56.1 Å². The fraction of sp³-hybridized carbons (Fsp3) is 0.556. The summed E-state index contributed by atoms with van der Waals surface area (Å²) in [7, 11) is 1.97. The number of hydrogen-bond acceptors (Lipinski definition) is 3. The van der Waals surface area contributed by atoms with Gasteiger partial charge in [0.2, 0.25) is 5.91 Å². The Morgan fingerprint density at radius 1 is 1.35 bits per heavy atom. The van der Waals surface area contributed by atoms with Crippen LogP contribution >= 0.6 is 0 Å². The molecule has 1 aliphatic rings. The molecule has 0 bridgehead atoms. The summed E-state index contributed by atoms with van der Waals surface area (Å²) in [6.07, 6.45) is 4.98. The van der Waals surface area contributed by atoms with E-state index in [1.807, 2.05) is 35.9 Å². The molecule has 0 spiro atoms. The predicted molar refractivity (Wildman–Crippen MR) is 89.9 cm³/mol. The molecule has 5 heteroatoms. The molecular weight excluding hydrogens is 290 g/mol. The van der Waals surface area contributed by atoms with Gasteiger partial charge in [0.15, 0.2) is 0 Å². The van der Waals surface area contributed by atoms with Crippen molar-refractivity contribution in [2.75, 3.05) is 6.61 Å². The van der Waals surface area contributed by atoms with Crippen molar-refractivity contribution < 1.29 is 9.53 Å². The van der Waals surface area contributed by atoms with Crippen LogP contribution in [0.2, 0.25) is 0 Å². The van der Waals surface area contributed by atoms with Gasteiger partial charge in [-0.25, -0.2) is 4.98 Å². The second-order valence-corrected chi connectivity index (χ2v) is 6.46. The van der Waals surface area contributed by atoms with Crippen molar-refractivity contribution >= 4 is 16.9 Å². The lowest BCUT2D eigenvalue weighted by Crippen LogP contribution is -2.33. The summed E-state index contributed by atoms with van der Waals surface area (Å²) in [5, 5.41) is 2.91. The van der Waals surface area contributed by atoms with Crippen molar-refractivity contribution in [3.8, 4) is 0 Å². The van der Waals surface area contributed by atoms with Crippen molar-refractivity contribution in [2.45, 2.75) is 45.3 Å². The van der Waals surface area contributed by atoms with Crippen molar-refractivity contribution in [3.05, 3.63) is 30.1 Å². The maximum Gasteiger partial charge on any atom is 0.246 e. The molecule has 1 N–H and O–H groups in total. The van der Waals surface area contributed by atoms with Crippen LogP contribution in [0.5, 0.6) is 0 Å². The molecule has 124 valence electrons. The van der Waals surface area contributed by atoms with E-state index in [1.165, 1.54) is 19.3 Å². The van der Waals surface area contributed by atoms with E-state index in [2.05, 4.69) is 17.2 Å². The van der Waals surface area contributed by atoms with E-state index in [0.717, 1.165) is 23.3 Å². The molecule has 2 atom stereocenters. The van der Waals surface area contributed by atoms with E-state index in [1.54, 1.807) is 0 Å². The summed E-state index contributed by atoms with van der Waals surface area (Å²) in [6, 6.07) is 7.97. The molecule has 2 aromatic rings. The molecule has 0 radical (unpaired) electrons. The number of aryl methyl sites for hydroxylation is 1. The summed E-state index contributed by atoms with van der Waals surface area (Å²) in [5.41, 5.74) is 2.02. The van der Waals surface area contributed by atoms with Crippen molar-refractivity contribution in [1.82, 2.24) is 14.9 Å². The highest BCUT2D eigenvalue weighted by Crippen LogP contribution is 2.26. The van der Waals surface area contributed by atoms with Crippen molar-refractivity contribution in [1.29, 1.82) is 0 Å². The summed E-state index contributed by atoms with van der Waals surface area (Å²) in [5.74, 6) is 1.33. The fourth-order valence-corrected chi connectivity index (χ4v) is 3.29. The average molecular weight is 315 g/mol. The van der Waals surface area contributed by atoms with Crippen LogP contribution in [0.25, 0.3) is 11.0 Å². The van der Waals surface area contributed by atoms with Gasteiger partial charge in [0.1, 0.15) is 12.4 Å². The molecule has 1 aromatic carbocycles. The van der Waals surface area contributed by atoms with Gasteiger partial charge in [-0.3, -0.25) is 4.79 Å². The maximum atomic E-state index is 12.0. The Kier molecular flexibility index (Phi) is 4.96. The summed E-state index contributed by atoms with van der Waals surface area (Å²) < 4.78 is 7.81. The smallest absolute Gasteiger partial charge is 0.246 e. The van der Waals surface area contributed by atoms with E-state index >= 15 is 0 Å². The number of aromatic nitrogens is 2. The third-order valence-electron chi connectivity index (χ3n) is 4.78. The van der Waals surface area contributed by atoms with Gasteiger partial charge < -0.3 is 14.6 Å². The summed E-state index contributed by atoms with van der Waals surface area (Å²) in [6.45, 7) is 2.77. The van der Waals surface area contributed by atoms with Crippen molar-refractivity contribution in [2.24, 2.45) is 13.0 Å². The molecule has 2 unspecified atom stereocenters. The largest absolute Gasteiger partial charge is 0.368 e. The van der Waals surface area contributed by atoms with E-state index in [9.17, 15) is 4.79 Å². The van der Waals surface area contributed by atoms with Gasteiger partial charge in [0.05, 0.1) is 23.7 Å². The molecule has 1 saturated carbocycles. The van der Waals surface area contributed by atoms with E-state index in [-0.39, 0.29) is 18.6 Å². The fourth-order valence-electron chi connectivity index (χ4n) is 3.29. The number of rotatable bonds is 5. The SMILES string of the molecule is CC1CCCCC1OCC(=O)NCc1nc2ccccc2n1C. The lowest BCUT2D eigenvalue weighted by Gasteiger charge is -2.28. The second-order valence-electron chi connectivity index (χ2n) is 6.46. The number of nitrogens with zero attached hydrogens (tertiary/aromatic N) is 2. The first kappa shape index (κ1) is 16.0. The Balaban J connectivity index is 1.51. The maximum absolute atomic E-state index is 12.0. The predicted octanol–water partition coefficient (Wildman–Crippen LogP) is 2.78. The molecule has 5 nitrogen and oxygen atoms in total. The monoisotopic (exact) mass is 315 g/mol. The van der Waals surface area contributed by atoms with Crippen molar-refractivity contribution in [3.63, 3.8) is 0 Å². The third-order valence-corrected chi connectivity index (χ3v) is 4.78. The third kappa shape index (κ3) is 3.72. The zero-order chi connectivity index (χ0) is 16.2. The number of fused-ring (bicyclic) bond motifs is 1. The highest BCUT2D eigenvalue weighted by Gasteiger charge is 2.22. The van der Waals surface area contributed by atoms with Gasteiger partial charge in [-0.2, -0.15) is 0 Å². The molecule has 1 aromatic heterocycles. The zero-order valence-electron chi connectivity index (χ0n) is 13.9. The molecule has 23 heavy (non-hydrogen) atoms. The molecule has 1 heterocycles. The van der Waals surface area contributed by atoms with Gasteiger partial charge in [-0.05, 0) is 30.9 Å². The lowest BCUT2D eigenvalue weighted by molar-refractivity contribution is -0.129. The standard InChI is InChI=1S/C18H25N3O2/c1-13-7-3-6-10-16(13)23-12-18(22)19-11-17-20-14-8-4-5-9-15(14)21(17)2/h4-5,8-9,13,16H,3,6-7,10-12H2,1-2H3,(H,19,22). The Labute approximate surface area is 137 Å².